The third kappa shape index (κ3) is 2.61. The van der Waals surface area contributed by atoms with Crippen molar-refractivity contribution in [1.82, 2.24) is 15.1 Å². The average molecular weight is 281 g/mol. The van der Waals surface area contributed by atoms with Gasteiger partial charge in [-0.15, -0.1) is 0 Å². The molecule has 0 bridgehead atoms. The van der Waals surface area contributed by atoms with Crippen LogP contribution in [0, 0.1) is 5.92 Å². The summed E-state index contributed by atoms with van der Waals surface area (Å²) in [6.07, 6.45) is 4.15. The molecule has 1 aliphatic carbocycles. The van der Waals surface area contributed by atoms with Gasteiger partial charge in [0.25, 0.3) is 0 Å². The zero-order chi connectivity index (χ0) is 14.3. The number of carbonyl (C=O) groups is 2. The van der Waals surface area contributed by atoms with E-state index >= 15 is 0 Å². The van der Waals surface area contributed by atoms with E-state index in [0.29, 0.717) is 6.04 Å². The maximum atomic E-state index is 12.4. The van der Waals surface area contributed by atoms with E-state index in [1.807, 2.05) is 11.8 Å². The lowest BCUT2D eigenvalue weighted by Gasteiger charge is -2.42. The first-order valence-electron chi connectivity index (χ1n) is 7.60. The van der Waals surface area contributed by atoms with Crippen molar-refractivity contribution in [3.8, 4) is 0 Å². The summed E-state index contributed by atoms with van der Waals surface area (Å²) in [7, 11) is 0. The molecule has 2 saturated heterocycles. The Hall–Kier alpha value is -1.30. The zero-order valence-electron chi connectivity index (χ0n) is 11.9. The van der Waals surface area contributed by atoms with Gasteiger partial charge in [0.2, 0.25) is 0 Å². The minimum atomic E-state index is -0.909. The fourth-order valence-electron chi connectivity index (χ4n) is 3.50. The standard InChI is InChI=1S/C14H23N3O3/c1-9-7-16-6-2-3-11(16)8-17(9)14(20)15-12(13(18)19)10-4-5-10/h9-12H,2-8H2,1H3,(H,15,20)(H,18,19). The van der Waals surface area contributed by atoms with E-state index in [2.05, 4.69) is 10.2 Å². The molecule has 20 heavy (non-hydrogen) atoms. The number of rotatable bonds is 3. The van der Waals surface area contributed by atoms with E-state index in [0.717, 1.165) is 38.9 Å². The summed E-state index contributed by atoms with van der Waals surface area (Å²) in [5.41, 5.74) is 0. The number of aliphatic carboxylic acids is 1. The second-order valence-electron chi connectivity index (χ2n) is 6.40. The Morgan fingerprint density at radius 2 is 2.00 bits per heavy atom. The highest BCUT2D eigenvalue weighted by atomic mass is 16.4. The lowest BCUT2D eigenvalue weighted by atomic mass is 10.1. The molecule has 3 rings (SSSR count). The van der Waals surface area contributed by atoms with Crippen LogP contribution in [0.1, 0.15) is 32.6 Å². The van der Waals surface area contributed by atoms with Crippen LogP contribution in [0.5, 0.6) is 0 Å². The molecule has 3 atom stereocenters. The molecule has 2 N–H and O–H groups in total. The summed E-state index contributed by atoms with van der Waals surface area (Å²) in [6.45, 7) is 4.80. The van der Waals surface area contributed by atoms with E-state index in [-0.39, 0.29) is 18.0 Å². The van der Waals surface area contributed by atoms with Gasteiger partial charge in [0.15, 0.2) is 0 Å². The first-order valence-corrected chi connectivity index (χ1v) is 7.60. The molecule has 6 heteroatoms. The van der Waals surface area contributed by atoms with Crippen molar-refractivity contribution in [3.63, 3.8) is 0 Å². The molecule has 2 amide bonds. The Labute approximate surface area is 119 Å². The molecule has 0 aromatic carbocycles. The molecule has 3 aliphatic rings. The van der Waals surface area contributed by atoms with E-state index in [9.17, 15) is 14.7 Å². The van der Waals surface area contributed by atoms with Crippen LogP contribution in [0.3, 0.4) is 0 Å². The summed E-state index contributed by atoms with van der Waals surface area (Å²) in [4.78, 5) is 27.9. The van der Waals surface area contributed by atoms with Crippen molar-refractivity contribution in [2.45, 2.75) is 50.7 Å². The number of hydrogen-bond acceptors (Lipinski definition) is 3. The number of urea groups is 1. The van der Waals surface area contributed by atoms with Gasteiger partial charge >= 0.3 is 12.0 Å². The molecule has 2 heterocycles. The molecule has 1 saturated carbocycles. The van der Waals surface area contributed by atoms with Gasteiger partial charge in [-0.2, -0.15) is 0 Å². The average Bonchev–Trinajstić information content (AvgIpc) is 3.13. The van der Waals surface area contributed by atoms with Crippen molar-refractivity contribution >= 4 is 12.0 Å². The number of amides is 2. The van der Waals surface area contributed by atoms with Gasteiger partial charge in [-0.05, 0) is 45.1 Å². The van der Waals surface area contributed by atoms with Crippen molar-refractivity contribution in [2.75, 3.05) is 19.6 Å². The van der Waals surface area contributed by atoms with Crippen LogP contribution >= 0.6 is 0 Å². The zero-order valence-corrected chi connectivity index (χ0v) is 11.9. The number of carboxylic acids is 1. The summed E-state index contributed by atoms with van der Waals surface area (Å²) in [5, 5.41) is 11.9. The second-order valence-corrected chi connectivity index (χ2v) is 6.40. The van der Waals surface area contributed by atoms with Gasteiger partial charge in [-0.3, -0.25) is 4.90 Å². The predicted octanol–water partition coefficient (Wildman–Crippen LogP) is 0.728. The Morgan fingerprint density at radius 3 is 2.65 bits per heavy atom. The first-order chi connectivity index (χ1) is 9.56. The molecule has 0 aromatic heterocycles. The van der Waals surface area contributed by atoms with E-state index in [4.69, 9.17) is 0 Å². The van der Waals surface area contributed by atoms with Crippen LogP contribution in [-0.4, -0.2) is 64.7 Å². The topological polar surface area (TPSA) is 72.9 Å². The highest BCUT2D eigenvalue weighted by Gasteiger charge is 2.41. The number of hydrogen-bond donors (Lipinski definition) is 2. The third-order valence-electron chi connectivity index (χ3n) is 4.84. The van der Waals surface area contributed by atoms with Gasteiger partial charge in [0, 0.05) is 25.2 Å². The molecular formula is C14H23N3O3. The lowest BCUT2D eigenvalue weighted by Crippen LogP contribution is -2.60. The monoisotopic (exact) mass is 281 g/mol. The van der Waals surface area contributed by atoms with Crippen LogP contribution in [0.15, 0.2) is 0 Å². The number of piperazine rings is 1. The smallest absolute Gasteiger partial charge is 0.326 e. The molecule has 6 nitrogen and oxygen atoms in total. The van der Waals surface area contributed by atoms with Crippen LogP contribution in [0.2, 0.25) is 0 Å². The van der Waals surface area contributed by atoms with Crippen molar-refractivity contribution < 1.29 is 14.7 Å². The molecule has 0 spiro atoms. The molecule has 3 unspecified atom stereocenters. The molecule has 0 aromatic rings. The molecule has 3 fully saturated rings. The van der Waals surface area contributed by atoms with Crippen LogP contribution in [0.25, 0.3) is 0 Å². The summed E-state index contributed by atoms with van der Waals surface area (Å²) < 4.78 is 0. The van der Waals surface area contributed by atoms with E-state index in [1.54, 1.807) is 0 Å². The third-order valence-corrected chi connectivity index (χ3v) is 4.84. The lowest BCUT2D eigenvalue weighted by molar-refractivity contribution is -0.139. The van der Waals surface area contributed by atoms with Gasteiger partial charge in [-0.25, -0.2) is 9.59 Å². The molecule has 112 valence electrons. The minimum Gasteiger partial charge on any atom is -0.480 e. The van der Waals surface area contributed by atoms with Gasteiger partial charge in [0.1, 0.15) is 6.04 Å². The Morgan fingerprint density at radius 1 is 1.25 bits per heavy atom. The maximum Gasteiger partial charge on any atom is 0.326 e. The number of carboxylic acid groups (broad SMARTS) is 1. The number of fused-ring (bicyclic) bond motifs is 1. The first kappa shape index (κ1) is 13.7. The van der Waals surface area contributed by atoms with Crippen molar-refractivity contribution in [1.29, 1.82) is 0 Å². The fraction of sp³-hybridized carbons (Fsp3) is 0.857. The van der Waals surface area contributed by atoms with Crippen molar-refractivity contribution in [3.05, 3.63) is 0 Å². The van der Waals surface area contributed by atoms with Crippen LogP contribution in [0.4, 0.5) is 4.79 Å². The second kappa shape index (κ2) is 5.24. The molecular weight excluding hydrogens is 258 g/mol. The highest BCUT2D eigenvalue weighted by molar-refractivity contribution is 5.83. The summed E-state index contributed by atoms with van der Waals surface area (Å²) in [6, 6.07) is -0.307. The largest absolute Gasteiger partial charge is 0.480 e. The van der Waals surface area contributed by atoms with Gasteiger partial charge in [-0.1, -0.05) is 0 Å². The molecule has 2 aliphatic heterocycles. The minimum absolute atomic E-state index is 0.125. The highest BCUT2D eigenvalue weighted by Crippen LogP contribution is 2.33. The Bertz CT molecular complexity index is 410. The normalized spacial score (nSPS) is 31.8. The number of nitrogens with one attached hydrogen (secondary N) is 1. The fourth-order valence-corrected chi connectivity index (χ4v) is 3.50. The number of nitrogens with zero attached hydrogens (tertiary/aromatic N) is 2. The van der Waals surface area contributed by atoms with Crippen molar-refractivity contribution in [2.24, 2.45) is 5.92 Å². The molecule has 0 radical (unpaired) electrons. The van der Waals surface area contributed by atoms with Crippen LogP contribution < -0.4 is 5.32 Å². The maximum absolute atomic E-state index is 12.4. The van der Waals surface area contributed by atoms with E-state index in [1.165, 1.54) is 6.42 Å². The summed E-state index contributed by atoms with van der Waals surface area (Å²) in [5.74, 6) is -0.785. The SMILES string of the molecule is CC1CN2CCCC2CN1C(=O)NC(C(=O)O)C1CC1. The van der Waals surface area contributed by atoms with E-state index < -0.39 is 12.0 Å². The Kier molecular flexibility index (Phi) is 3.58. The van der Waals surface area contributed by atoms with Crippen LogP contribution in [-0.2, 0) is 4.79 Å². The predicted molar refractivity (Wildman–Crippen MR) is 73.4 cm³/mol. The Balaban J connectivity index is 1.62. The quantitative estimate of drug-likeness (QED) is 0.800. The van der Waals surface area contributed by atoms with Gasteiger partial charge < -0.3 is 15.3 Å². The van der Waals surface area contributed by atoms with Gasteiger partial charge in [0.05, 0.1) is 0 Å². The number of carbonyl (C=O) groups excluding carboxylic acids is 1. The summed E-state index contributed by atoms with van der Waals surface area (Å²) >= 11 is 0.